The van der Waals surface area contributed by atoms with Crippen LogP contribution in [-0.2, 0) is 6.42 Å². The number of anilines is 1. The molecule has 1 unspecified atom stereocenters. The van der Waals surface area contributed by atoms with Crippen molar-refractivity contribution in [1.82, 2.24) is 0 Å². The molecule has 0 bridgehead atoms. The number of rotatable bonds is 2. The van der Waals surface area contributed by atoms with Gasteiger partial charge in [-0.2, -0.15) is 0 Å². The predicted octanol–water partition coefficient (Wildman–Crippen LogP) is 2.89. The predicted molar refractivity (Wildman–Crippen MR) is 96.9 cm³/mol. The van der Waals surface area contributed by atoms with Crippen LogP contribution < -0.4 is 29.6 Å². The van der Waals surface area contributed by atoms with Gasteiger partial charge in [-0.15, -0.1) is 0 Å². The molecule has 0 amide bonds. The average molecular weight is 353 g/mol. The second-order valence-electron chi connectivity index (χ2n) is 6.49. The third-order valence-electron chi connectivity index (χ3n) is 5.21. The van der Waals surface area contributed by atoms with E-state index in [0.29, 0.717) is 17.5 Å². The molecule has 3 heterocycles. The molecule has 2 aromatic rings. The highest BCUT2D eigenvalue weighted by atomic mass is 16.7. The van der Waals surface area contributed by atoms with Gasteiger partial charge in [0.15, 0.2) is 23.0 Å². The zero-order valence-electron chi connectivity index (χ0n) is 14.6. The topological polar surface area (TPSA) is 78.5 Å². The second-order valence-corrected chi connectivity index (χ2v) is 6.49. The van der Waals surface area contributed by atoms with Gasteiger partial charge in [0.2, 0.25) is 12.8 Å². The molecule has 7 nitrogen and oxygen atoms in total. The Morgan fingerprint density at radius 2 is 1.81 bits per heavy atom. The van der Waals surface area contributed by atoms with Crippen LogP contribution in [0.25, 0.3) is 0 Å². The smallest absolute Gasteiger partial charge is 0.231 e. The van der Waals surface area contributed by atoms with Crippen LogP contribution in [0.1, 0.15) is 23.6 Å². The lowest BCUT2D eigenvalue weighted by molar-refractivity contribution is 0.174. The number of nitrogens with zero attached hydrogens (tertiary/aromatic N) is 2. The highest BCUT2D eigenvalue weighted by Crippen LogP contribution is 2.50. The van der Waals surface area contributed by atoms with Gasteiger partial charge in [0.1, 0.15) is 0 Å². The van der Waals surface area contributed by atoms with Gasteiger partial charge < -0.3 is 29.6 Å². The summed E-state index contributed by atoms with van der Waals surface area (Å²) in [4.78, 5) is 6.70. The van der Waals surface area contributed by atoms with E-state index in [1.807, 2.05) is 24.3 Å². The molecule has 2 aromatic carbocycles. The normalized spacial score (nSPS) is 19.2. The van der Waals surface area contributed by atoms with Crippen LogP contribution in [0.3, 0.4) is 0 Å². The van der Waals surface area contributed by atoms with Gasteiger partial charge in [-0.1, -0.05) is 0 Å². The van der Waals surface area contributed by atoms with Crippen molar-refractivity contribution < 1.29 is 18.9 Å². The summed E-state index contributed by atoms with van der Waals surface area (Å²) in [6.45, 7) is 0.255. The number of benzene rings is 2. The van der Waals surface area contributed by atoms with Gasteiger partial charge >= 0.3 is 0 Å². The van der Waals surface area contributed by atoms with Crippen LogP contribution in [0, 0.1) is 0 Å². The Morgan fingerprint density at radius 3 is 2.58 bits per heavy atom. The van der Waals surface area contributed by atoms with Gasteiger partial charge in [0.05, 0.1) is 31.6 Å². The molecule has 134 valence electrons. The summed E-state index contributed by atoms with van der Waals surface area (Å²) in [5.74, 6) is 3.35. The first-order valence-corrected chi connectivity index (χ1v) is 8.51. The number of aliphatic imine (C=N–C) groups is 1. The van der Waals surface area contributed by atoms with Crippen molar-refractivity contribution in [1.29, 1.82) is 0 Å². The minimum absolute atomic E-state index is 0.0928. The molecule has 0 aromatic heterocycles. The molecule has 3 aliphatic heterocycles. The summed E-state index contributed by atoms with van der Waals surface area (Å²) in [5.41, 5.74) is 10.5. The molecule has 3 aliphatic rings. The summed E-state index contributed by atoms with van der Waals surface area (Å²) in [6, 6.07) is 8.02. The first kappa shape index (κ1) is 15.2. The van der Waals surface area contributed by atoms with Crippen molar-refractivity contribution in [2.24, 2.45) is 10.7 Å². The Bertz CT molecular complexity index is 941. The molecule has 26 heavy (non-hydrogen) atoms. The standard InChI is InChI=1S/C19H19N3O4/c1-23-15-6-11-12(7-16(15)24-2)21-19(20)22-13(11)4-3-10-5-17-18(8-14(10)22)26-9-25-17/h5-8,13H,3-4,9H2,1-2H3,(H2,20,21). The van der Waals surface area contributed by atoms with E-state index in [0.717, 1.165) is 41.3 Å². The number of hydrogen-bond donors (Lipinski definition) is 1. The van der Waals surface area contributed by atoms with Crippen LogP contribution in [0.5, 0.6) is 23.0 Å². The van der Waals surface area contributed by atoms with Crippen LogP contribution in [0.4, 0.5) is 11.4 Å². The zero-order chi connectivity index (χ0) is 17.8. The van der Waals surface area contributed by atoms with E-state index < -0.39 is 0 Å². The van der Waals surface area contributed by atoms with Gasteiger partial charge in [-0.05, 0) is 30.5 Å². The molecule has 0 aliphatic carbocycles. The molecule has 5 rings (SSSR count). The number of methoxy groups -OCH3 is 2. The van der Waals surface area contributed by atoms with Crippen LogP contribution in [-0.4, -0.2) is 27.0 Å². The number of hydrogen-bond acceptors (Lipinski definition) is 7. The minimum Gasteiger partial charge on any atom is -0.493 e. The van der Waals surface area contributed by atoms with Crippen LogP contribution in [0.15, 0.2) is 29.3 Å². The Kier molecular flexibility index (Phi) is 3.19. The van der Waals surface area contributed by atoms with E-state index in [-0.39, 0.29) is 12.8 Å². The minimum atomic E-state index is 0.0928. The van der Waals surface area contributed by atoms with Crippen molar-refractivity contribution in [2.75, 3.05) is 25.9 Å². The van der Waals surface area contributed by atoms with Gasteiger partial charge in [-0.3, -0.25) is 0 Å². The van der Waals surface area contributed by atoms with Crippen LogP contribution >= 0.6 is 0 Å². The molecule has 0 spiro atoms. The number of nitrogens with two attached hydrogens (primary N) is 1. The maximum Gasteiger partial charge on any atom is 0.231 e. The molecule has 2 N–H and O–H groups in total. The second kappa shape index (κ2) is 5.45. The monoisotopic (exact) mass is 353 g/mol. The maximum absolute atomic E-state index is 6.36. The van der Waals surface area contributed by atoms with E-state index >= 15 is 0 Å². The fraction of sp³-hybridized carbons (Fsp3) is 0.316. The molecule has 7 heteroatoms. The molecule has 1 atom stereocenters. The van der Waals surface area contributed by atoms with E-state index in [2.05, 4.69) is 9.89 Å². The Hall–Kier alpha value is -3.09. The molecular formula is C19H19N3O4. The lowest BCUT2D eigenvalue weighted by atomic mass is 9.89. The molecular weight excluding hydrogens is 334 g/mol. The molecule has 0 saturated carbocycles. The van der Waals surface area contributed by atoms with Crippen LogP contribution in [0.2, 0.25) is 0 Å². The SMILES string of the molecule is COc1cc2c(cc1OC)C1CCc3cc4c(cc3N1C(N)=N2)OCO4. The van der Waals surface area contributed by atoms with Crippen molar-refractivity contribution in [2.45, 2.75) is 18.9 Å². The first-order valence-electron chi connectivity index (χ1n) is 8.51. The third-order valence-corrected chi connectivity index (χ3v) is 5.21. The summed E-state index contributed by atoms with van der Waals surface area (Å²) in [6.07, 6.45) is 1.85. The van der Waals surface area contributed by atoms with Crippen molar-refractivity contribution in [3.63, 3.8) is 0 Å². The van der Waals surface area contributed by atoms with E-state index in [9.17, 15) is 0 Å². The van der Waals surface area contributed by atoms with Crippen molar-refractivity contribution in [3.8, 4) is 23.0 Å². The third kappa shape index (κ3) is 2.03. The quantitative estimate of drug-likeness (QED) is 0.894. The molecule has 0 fully saturated rings. The van der Waals surface area contributed by atoms with E-state index in [1.165, 1.54) is 5.56 Å². The molecule has 0 radical (unpaired) electrons. The highest BCUT2D eigenvalue weighted by molar-refractivity contribution is 6.01. The lowest BCUT2D eigenvalue weighted by Gasteiger charge is -2.41. The number of ether oxygens (including phenoxy) is 4. The Morgan fingerprint density at radius 1 is 1.08 bits per heavy atom. The Balaban J connectivity index is 1.66. The summed E-state index contributed by atoms with van der Waals surface area (Å²) >= 11 is 0. The number of fused-ring (bicyclic) bond motifs is 6. The Labute approximate surface area is 150 Å². The largest absolute Gasteiger partial charge is 0.493 e. The lowest BCUT2D eigenvalue weighted by Crippen LogP contribution is -2.44. The summed E-state index contributed by atoms with van der Waals surface area (Å²) in [5, 5.41) is 0. The number of aryl methyl sites for hydroxylation is 1. The fourth-order valence-electron chi connectivity index (χ4n) is 3.99. The van der Waals surface area contributed by atoms with Crippen molar-refractivity contribution in [3.05, 3.63) is 35.4 Å². The highest BCUT2D eigenvalue weighted by Gasteiger charge is 2.36. The summed E-state index contributed by atoms with van der Waals surface area (Å²) in [7, 11) is 3.26. The zero-order valence-corrected chi connectivity index (χ0v) is 14.6. The van der Waals surface area contributed by atoms with Crippen molar-refractivity contribution >= 4 is 17.3 Å². The average Bonchev–Trinajstić information content (AvgIpc) is 3.12. The number of guanidine groups is 1. The maximum atomic E-state index is 6.36. The molecule has 0 saturated heterocycles. The summed E-state index contributed by atoms with van der Waals surface area (Å²) < 4.78 is 21.9. The van der Waals surface area contributed by atoms with E-state index in [4.69, 9.17) is 24.7 Å². The van der Waals surface area contributed by atoms with Gasteiger partial charge in [-0.25, -0.2) is 4.99 Å². The van der Waals surface area contributed by atoms with E-state index in [1.54, 1.807) is 14.2 Å². The van der Waals surface area contributed by atoms with Gasteiger partial charge in [0.25, 0.3) is 0 Å². The fourth-order valence-corrected chi connectivity index (χ4v) is 3.99. The van der Waals surface area contributed by atoms with Gasteiger partial charge in [0, 0.05) is 17.7 Å². The first-order chi connectivity index (χ1) is 12.7.